The summed E-state index contributed by atoms with van der Waals surface area (Å²) in [7, 11) is 0. The van der Waals surface area contributed by atoms with E-state index in [1.165, 1.54) is 10.9 Å². The van der Waals surface area contributed by atoms with E-state index >= 15 is 0 Å². The number of benzene rings is 1. The van der Waals surface area contributed by atoms with E-state index in [-0.39, 0.29) is 12.0 Å². The van der Waals surface area contributed by atoms with Gasteiger partial charge >= 0.3 is 0 Å². The van der Waals surface area contributed by atoms with Crippen molar-refractivity contribution in [1.82, 2.24) is 14.2 Å². The summed E-state index contributed by atoms with van der Waals surface area (Å²) in [6.45, 7) is 7.52. The molecular formula is C16H21N3O. The zero-order valence-electron chi connectivity index (χ0n) is 12.3. The van der Waals surface area contributed by atoms with Crippen LogP contribution in [-0.4, -0.2) is 25.9 Å². The van der Waals surface area contributed by atoms with Gasteiger partial charge in [0, 0.05) is 24.0 Å². The molecule has 106 valence electrons. The molecule has 0 spiro atoms. The second-order valence-electron chi connectivity index (χ2n) is 6.26. The van der Waals surface area contributed by atoms with Crippen LogP contribution in [0.15, 0.2) is 30.5 Å². The van der Waals surface area contributed by atoms with Crippen molar-refractivity contribution in [2.75, 3.05) is 6.61 Å². The van der Waals surface area contributed by atoms with Crippen molar-refractivity contribution in [2.24, 2.45) is 0 Å². The van der Waals surface area contributed by atoms with Crippen molar-refractivity contribution in [3.8, 4) is 0 Å². The monoisotopic (exact) mass is 271 g/mol. The molecule has 0 amide bonds. The van der Waals surface area contributed by atoms with Crippen LogP contribution in [0.1, 0.15) is 32.9 Å². The van der Waals surface area contributed by atoms with Gasteiger partial charge in [0.05, 0.1) is 17.4 Å². The average Bonchev–Trinajstić information content (AvgIpc) is 2.94. The summed E-state index contributed by atoms with van der Waals surface area (Å²) < 4.78 is 4.32. The predicted molar refractivity (Wildman–Crippen MR) is 81.1 cm³/mol. The second kappa shape index (κ2) is 4.63. The lowest BCUT2D eigenvalue weighted by atomic mass is 9.93. The number of aliphatic hydroxyl groups excluding tert-OH is 1. The minimum atomic E-state index is 0.0366. The number of para-hydroxylation sites is 1. The summed E-state index contributed by atoms with van der Waals surface area (Å²) in [5.74, 6) is 0. The van der Waals surface area contributed by atoms with Crippen molar-refractivity contribution < 1.29 is 5.11 Å². The van der Waals surface area contributed by atoms with Crippen LogP contribution >= 0.6 is 0 Å². The number of fused-ring (bicyclic) bond motifs is 3. The lowest BCUT2D eigenvalue weighted by Crippen LogP contribution is -2.12. The molecular weight excluding hydrogens is 250 g/mol. The number of aliphatic hydroxyl groups is 1. The fourth-order valence-corrected chi connectivity index (χ4v) is 2.55. The number of aryl methyl sites for hydroxylation is 1. The molecule has 0 saturated carbocycles. The number of nitrogens with zero attached hydrogens (tertiary/aromatic N) is 3. The van der Waals surface area contributed by atoms with Gasteiger partial charge in [-0.1, -0.05) is 32.9 Å². The Kier molecular flexibility index (Phi) is 3.05. The SMILES string of the molecule is CC(C)(C)c1cn2c(n1)c1ccccc1n2CCCO. The maximum absolute atomic E-state index is 9.11. The van der Waals surface area contributed by atoms with Gasteiger partial charge in [-0.2, -0.15) is 0 Å². The molecule has 3 aromatic rings. The maximum Gasteiger partial charge on any atom is 0.161 e. The van der Waals surface area contributed by atoms with Crippen molar-refractivity contribution >= 4 is 16.6 Å². The molecule has 0 radical (unpaired) electrons. The summed E-state index contributed by atoms with van der Waals surface area (Å²) in [4.78, 5) is 4.82. The first-order chi connectivity index (χ1) is 9.52. The number of aromatic nitrogens is 3. The smallest absolute Gasteiger partial charge is 0.161 e. The van der Waals surface area contributed by atoms with Crippen molar-refractivity contribution in [3.63, 3.8) is 0 Å². The molecule has 1 aromatic carbocycles. The van der Waals surface area contributed by atoms with Gasteiger partial charge in [0.25, 0.3) is 0 Å². The summed E-state index contributed by atoms with van der Waals surface area (Å²) >= 11 is 0. The van der Waals surface area contributed by atoms with E-state index in [2.05, 4.69) is 48.3 Å². The molecule has 0 saturated heterocycles. The Morgan fingerprint density at radius 3 is 2.65 bits per heavy atom. The summed E-state index contributed by atoms with van der Waals surface area (Å²) in [5.41, 5.74) is 3.30. The molecule has 0 aliphatic rings. The van der Waals surface area contributed by atoms with Gasteiger partial charge in [-0.25, -0.2) is 9.50 Å². The van der Waals surface area contributed by atoms with Crippen molar-refractivity contribution in [3.05, 3.63) is 36.2 Å². The fourth-order valence-electron chi connectivity index (χ4n) is 2.55. The minimum Gasteiger partial charge on any atom is -0.396 e. The highest BCUT2D eigenvalue weighted by Gasteiger charge is 2.20. The molecule has 20 heavy (non-hydrogen) atoms. The van der Waals surface area contributed by atoms with Crippen LogP contribution in [0.5, 0.6) is 0 Å². The van der Waals surface area contributed by atoms with Crippen LogP contribution in [0.25, 0.3) is 16.6 Å². The predicted octanol–water partition coefficient (Wildman–Crippen LogP) is 2.97. The Bertz CT molecular complexity index is 746. The third-order valence-corrected chi connectivity index (χ3v) is 3.67. The average molecular weight is 271 g/mol. The Hall–Kier alpha value is -1.81. The maximum atomic E-state index is 9.11. The molecule has 0 atom stereocenters. The largest absolute Gasteiger partial charge is 0.396 e. The first kappa shape index (κ1) is 13.2. The normalized spacial score (nSPS) is 12.6. The van der Waals surface area contributed by atoms with E-state index in [1.54, 1.807) is 0 Å². The molecule has 2 heterocycles. The molecule has 1 N–H and O–H groups in total. The third kappa shape index (κ3) is 2.00. The number of hydrogen-bond donors (Lipinski definition) is 1. The van der Waals surface area contributed by atoms with Crippen LogP contribution in [0.3, 0.4) is 0 Å². The van der Waals surface area contributed by atoms with Gasteiger partial charge in [0.1, 0.15) is 0 Å². The van der Waals surface area contributed by atoms with E-state index in [1.807, 2.05) is 12.1 Å². The molecule has 4 heteroatoms. The molecule has 0 fully saturated rings. The van der Waals surface area contributed by atoms with E-state index in [0.717, 1.165) is 24.3 Å². The Labute approximate surface area is 118 Å². The van der Waals surface area contributed by atoms with Crippen molar-refractivity contribution in [2.45, 2.75) is 39.2 Å². The van der Waals surface area contributed by atoms with Gasteiger partial charge in [-0.05, 0) is 18.6 Å². The van der Waals surface area contributed by atoms with E-state index in [4.69, 9.17) is 10.1 Å². The molecule has 0 unspecified atom stereocenters. The quantitative estimate of drug-likeness (QED) is 0.795. The van der Waals surface area contributed by atoms with Gasteiger partial charge in [0.2, 0.25) is 0 Å². The second-order valence-corrected chi connectivity index (χ2v) is 6.26. The van der Waals surface area contributed by atoms with Crippen LogP contribution < -0.4 is 0 Å². The van der Waals surface area contributed by atoms with Crippen LogP contribution in [-0.2, 0) is 12.0 Å². The van der Waals surface area contributed by atoms with E-state index < -0.39 is 0 Å². The van der Waals surface area contributed by atoms with Crippen LogP contribution in [0.4, 0.5) is 0 Å². The Balaban J connectivity index is 2.27. The van der Waals surface area contributed by atoms with Gasteiger partial charge in [-0.15, -0.1) is 0 Å². The summed E-state index contributed by atoms with van der Waals surface area (Å²) in [6.07, 6.45) is 2.86. The standard InChI is InChI=1S/C16H21N3O/c1-16(2,3)14-11-19-15(17-14)12-7-4-5-8-13(12)18(19)9-6-10-20/h4-5,7-8,11,20H,6,9-10H2,1-3H3. The van der Waals surface area contributed by atoms with Crippen LogP contribution in [0.2, 0.25) is 0 Å². The highest BCUT2D eigenvalue weighted by molar-refractivity contribution is 5.92. The highest BCUT2D eigenvalue weighted by atomic mass is 16.3. The topological polar surface area (TPSA) is 42.5 Å². The molecule has 3 rings (SSSR count). The molecule has 2 aromatic heterocycles. The molecule has 0 aliphatic carbocycles. The van der Waals surface area contributed by atoms with Crippen molar-refractivity contribution in [1.29, 1.82) is 0 Å². The molecule has 0 aliphatic heterocycles. The summed E-state index contributed by atoms with van der Waals surface area (Å²) in [5, 5.41) is 10.3. The zero-order valence-corrected chi connectivity index (χ0v) is 12.3. The number of hydrogen-bond acceptors (Lipinski definition) is 2. The zero-order chi connectivity index (χ0) is 14.3. The van der Waals surface area contributed by atoms with Gasteiger partial charge < -0.3 is 5.11 Å². The first-order valence-electron chi connectivity index (χ1n) is 7.10. The summed E-state index contributed by atoms with van der Waals surface area (Å²) in [6, 6.07) is 8.31. The first-order valence-corrected chi connectivity index (χ1v) is 7.10. The molecule has 4 nitrogen and oxygen atoms in total. The van der Waals surface area contributed by atoms with Gasteiger partial charge in [0.15, 0.2) is 5.65 Å². The Morgan fingerprint density at radius 1 is 1.20 bits per heavy atom. The number of imidazole rings is 1. The minimum absolute atomic E-state index is 0.0366. The lowest BCUT2D eigenvalue weighted by molar-refractivity contribution is 0.277. The number of rotatable bonds is 3. The van der Waals surface area contributed by atoms with Gasteiger partial charge in [-0.3, -0.25) is 4.68 Å². The molecule has 0 bridgehead atoms. The lowest BCUT2D eigenvalue weighted by Gasteiger charge is -2.14. The fraction of sp³-hybridized carbons (Fsp3) is 0.438. The van der Waals surface area contributed by atoms with E-state index in [9.17, 15) is 0 Å². The Morgan fingerprint density at radius 2 is 1.95 bits per heavy atom. The van der Waals surface area contributed by atoms with Crippen LogP contribution in [0, 0.1) is 0 Å². The van der Waals surface area contributed by atoms with E-state index in [0.29, 0.717) is 0 Å². The third-order valence-electron chi connectivity index (χ3n) is 3.67. The highest BCUT2D eigenvalue weighted by Crippen LogP contribution is 2.27.